The van der Waals surface area contributed by atoms with E-state index in [2.05, 4.69) is 0 Å². The molecule has 0 spiro atoms. The minimum absolute atomic E-state index is 0.0530. The normalized spacial score (nSPS) is 24.1. The summed E-state index contributed by atoms with van der Waals surface area (Å²) in [4.78, 5) is 0. The monoisotopic (exact) mass is 682 g/mol. The van der Waals surface area contributed by atoms with Gasteiger partial charge in [0.2, 0.25) is 0 Å². The summed E-state index contributed by atoms with van der Waals surface area (Å²) in [6, 6.07) is 11.3. The lowest BCUT2D eigenvalue weighted by atomic mass is 9.68. The molecule has 258 valence electrons. The molecule has 3 aromatic rings. The maximum Gasteiger partial charge on any atom is 0.416 e. The van der Waals surface area contributed by atoms with Crippen molar-refractivity contribution in [1.82, 2.24) is 0 Å². The Morgan fingerprint density at radius 3 is 1.58 bits per heavy atom. The van der Waals surface area contributed by atoms with Crippen LogP contribution in [0.4, 0.5) is 26.3 Å². The molecule has 4 aliphatic rings. The largest absolute Gasteiger partial charge is 0.491 e. The van der Waals surface area contributed by atoms with Gasteiger partial charge in [-0.25, -0.2) is 0 Å². The predicted octanol–water partition coefficient (Wildman–Crippen LogP) is 6.28. The minimum atomic E-state index is -5.07. The molecule has 3 aromatic carbocycles. The van der Waals surface area contributed by atoms with Gasteiger partial charge in [-0.1, -0.05) is 12.1 Å². The first-order chi connectivity index (χ1) is 22.9. The number of ether oxygens (including phenoxy) is 8. The van der Waals surface area contributed by atoms with Gasteiger partial charge in [-0.3, -0.25) is 0 Å². The number of rotatable bonds is 15. The molecular weight excluding hydrogens is 650 g/mol. The maximum atomic E-state index is 14.2. The molecule has 14 heteroatoms. The summed E-state index contributed by atoms with van der Waals surface area (Å²) < 4.78 is 130. The van der Waals surface area contributed by atoms with Crippen LogP contribution in [0, 0.1) is 0 Å². The fraction of sp³-hybridized carbons (Fsp3) is 0.471. The first-order valence-electron chi connectivity index (χ1n) is 15.4. The van der Waals surface area contributed by atoms with Gasteiger partial charge in [0.25, 0.3) is 0 Å². The molecule has 48 heavy (non-hydrogen) atoms. The highest BCUT2D eigenvalue weighted by Gasteiger charge is 2.43. The summed E-state index contributed by atoms with van der Waals surface area (Å²) in [6.45, 7) is 4.10. The van der Waals surface area contributed by atoms with Crippen molar-refractivity contribution in [2.24, 2.45) is 0 Å². The number of hydrogen-bond donors (Lipinski definition) is 0. The molecule has 0 aliphatic carbocycles. The summed E-state index contributed by atoms with van der Waals surface area (Å²) in [5.74, 6) is 1.03. The van der Waals surface area contributed by atoms with E-state index in [9.17, 15) is 26.3 Å². The molecule has 4 fully saturated rings. The van der Waals surface area contributed by atoms with E-state index in [1.807, 2.05) is 0 Å². The fourth-order valence-corrected chi connectivity index (χ4v) is 5.46. The van der Waals surface area contributed by atoms with Crippen molar-refractivity contribution in [2.45, 2.75) is 55.9 Å². The number of halogens is 6. The Balaban J connectivity index is 1.41. The van der Waals surface area contributed by atoms with Crippen molar-refractivity contribution >= 4 is 0 Å². The molecule has 4 aliphatic heterocycles. The highest BCUT2D eigenvalue weighted by Crippen LogP contribution is 2.49. The lowest BCUT2D eigenvalue weighted by Crippen LogP contribution is -2.30. The predicted molar refractivity (Wildman–Crippen MR) is 155 cm³/mol. The van der Waals surface area contributed by atoms with E-state index >= 15 is 0 Å². The van der Waals surface area contributed by atoms with E-state index in [1.165, 1.54) is 0 Å². The Hall–Kier alpha value is -3.56. The van der Waals surface area contributed by atoms with Crippen LogP contribution in [0.5, 0.6) is 17.2 Å². The van der Waals surface area contributed by atoms with Gasteiger partial charge < -0.3 is 37.9 Å². The molecular formula is C34H32F6O8. The Labute approximate surface area is 271 Å². The van der Waals surface area contributed by atoms with Crippen LogP contribution in [0.1, 0.15) is 40.3 Å². The molecule has 0 saturated carbocycles. The summed E-state index contributed by atoms with van der Waals surface area (Å²) in [5, 5.41) is 0. The first kappa shape index (κ1) is 33.0. The number of benzene rings is 3. The molecule has 5 atom stereocenters. The van der Waals surface area contributed by atoms with Gasteiger partial charge in [0.05, 0.1) is 37.6 Å². The average molecular weight is 683 g/mol. The zero-order valence-electron chi connectivity index (χ0n) is 25.7. The standard InChI is InChI=1S/C34H32F6O8/c1-32(20-7-21(33(35,36)37)9-22(8-20)34(38,39)40,28-4-2-23(41-12-25-14-43-25)6-19(28)11-47-31-18-48-31)29-5-3-24(42-13-26-15-44-26)10-30(29)46-17-27-16-45-27/h2-10,25-27,31H,11-18H2,1H3. The molecule has 5 unspecified atom stereocenters. The lowest BCUT2D eigenvalue weighted by Gasteiger charge is -2.36. The van der Waals surface area contributed by atoms with Crippen LogP contribution < -0.4 is 14.2 Å². The Kier molecular flexibility index (Phi) is 8.73. The van der Waals surface area contributed by atoms with Crippen LogP contribution in [0.15, 0.2) is 54.6 Å². The molecule has 4 heterocycles. The van der Waals surface area contributed by atoms with Gasteiger partial charge in [-0.15, -0.1) is 0 Å². The van der Waals surface area contributed by atoms with E-state index in [0.29, 0.717) is 54.6 Å². The van der Waals surface area contributed by atoms with Gasteiger partial charge in [-0.05, 0) is 60.0 Å². The van der Waals surface area contributed by atoms with E-state index in [4.69, 9.17) is 37.9 Å². The molecule has 0 amide bonds. The Morgan fingerprint density at radius 1 is 0.604 bits per heavy atom. The average Bonchev–Trinajstić information content (AvgIpc) is 3.88. The van der Waals surface area contributed by atoms with Crippen molar-refractivity contribution < 1.29 is 64.2 Å². The van der Waals surface area contributed by atoms with E-state index in [-0.39, 0.29) is 62.1 Å². The highest BCUT2D eigenvalue weighted by atomic mass is 19.4. The quantitative estimate of drug-likeness (QED) is 0.105. The fourth-order valence-electron chi connectivity index (χ4n) is 5.46. The van der Waals surface area contributed by atoms with Gasteiger partial charge in [0.1, 0.15) is 62.0 Å². The molecule has 8 nitrogen and oxygen atoms in total. The SMILES string of the molecule is CC(c1cc(C(F)(F)F)cc(C(F)(F)F)c1)(c1ccc(OCC2CO2)cc1COC1CO1)c1ccc(OCC2CO2)cc1OCC1CO1. The van der Waals surface area contributed by atoms with Crippen molar-refractivity contribution in [2.75, 3.05) is 46.2 Å². The van der Waals surface area contributed by atoms with E-state index in [0.717, 1.165) is 12.1 Å². The number of hydrogen-bond acceptors (Lipinski definition) is 8. The summed E-state index contributed by atoms with van der Waals surface area (Å²) >= 11 is 0. The third-order valence-electron chi connectivity index (χ3n) is 8.50. The molecule has 0 aromatic heterocycles. The Morgan fingerprint density at radius 2 is 1.08 bits per heavy atom. The molecule has 7 rings (SSSR count). The van der Waals surface area contributed by atoms with Gasteiger partial charge >= 0.3 is 12.4 Å². The van der Waals surface area contributed by atoms with Crippen LogP contribution in [-0.4, -0.2) is 70.9 Å². The van der Waals surface area contributed by atoms with Crippen LogP contribution in [0.3, 0.4) is 0 Å². The zero-order valence-corrected chi connectivity index (χ0v) is 25.7. The van der Waals surface area contributed by atoms with Gasteiger partial charge in [0, 0.05) is 17.0 Å². The van der Waals surface area contributed by atoms with Crippen LogP contribution in [0.2, 0.25) is 0 Å². The Bertz CT molecular complexity index is 1520. The number of alkyl halides is 6. The summed E-state index contributed by atoms with van der Waals surface area (Å²) in [7, 11) is 0. The molecule has 0 bridgehead atoms. The number of epoxide rings is 4. The highest BCUT2D eigenvalue weighted by molar-refractivity contribution is 5.60. The second-order valence-corrected chi connectivity index (χ2v) is 12.3. The van der Waals surface area contributed by atoms with Crippen molar-refractivity contribution in [3.8, 4) is 17.2 Å². The van der Waals surface area contributed by atoms with Crippen molar-refractivity contribution in [3.63, 3.8) is 0 Å². The van der Waals surface area contributed by atoms with E-state index < -0.39 is 35.2 Å². The molecule has 0 radical (unpaired) electrons. The lowest BCUT2D eigenvalue weighted by molar-refractivity contribution is -0.143. The molecule has 0 N–H and O–H groups in total. The van der Waals surface area contributed by atoms with Crippen molar-refractivity contribution in [1.29, 1.82) is 0 Å². The topological polar surface area (TPSA) is 87.0 Å². The smallest absolute Gasteiger partial charge is 0.416 e. The minimum Gasteiger partial charge on any atom is -0.491 e. The second kappa shape index (κ2) is 12.7. The van der Waals surface area contributed by atoms with E-state index in [1.54, 1.807) is 43.3 Å². The third kappa shape index (κ3) is 7.84. The summed E-state index contributed by atoms with van der Waals surface area (Å²) in [6.07, 6.45) is -10.9. The van der Waals surface area contributed by atoms with Gasteiger partial charge in [0.15, 0.2) is 6.29 Å². The van der Waals surface area contributed by atoms with Crippen molar-refractivity contribution in [3.05, 3.63) is 88.0 Å². The zero-order chi connectivity index (χ0) is 33.7. The van der Waals surface area contributed by atoms with Gasteiger partial charge in [-0.2, -0.15) is 26.3 Å². The van der Waals surface area contributed by atoms with Crippen LogP contribution in [-0.2, 0) is 48.1 Å². The summed E-state index contributed by atoms with van der Waals surface area (Å²) in [5.41, 5.74) is -3.67. The third-order valence-corrected chi connectivity index (χ3v) is 8.50. The van der Waals surface area contributed by atoms with Crippen LogP contribution in [0.25, 0.3) is 0 Å². The maximum absolute atomic E-state index is 14.2. The molecule has 4 saturated heterocycles. The van der Waals surface area contributed by atoms with Crippen LogP contribution >= 0.6 is 0 Å². The second-order valence-electron chi connectivity index (χ2n) is 12.3. The first-order valence-corrected chi connectivity index (χ1v) is 15.4.